The monoisotopic (exact) mass is 1240 g/mol. The van der Waals surface area contributed by atoms with Crippen LogP contribution < -0.4 is 10.2 Å². The van der Waals surface area contributed by atoms with Crippen LogP contribution in [0.4, 0.5) is 0 Å². The molecule has 87 heavy (non-hydrogen) atoms. The van der Waals surface area contributed by atoms with E-state index in [-0.39, 0.29) is 12.5 Å². The van der Waals surface area contributed by atoms with Crippen molar-refractivity contribution in [2.45, 2.75) is 405 Å². The van der Waals surface area contributed by atoms with Crippen molar-refractivity contribution >= 4 is 13.7 Å². The molecule has 0 aliphatic rings. The SMILES string of the molecule is CCCCCCCCCC/C=C\CCCCCCCCCCCCCCCCCCCCCCCC(=O)NC(COP(=O)([O-])OCC[N+](C)(C)C)C(O)/C=C/CC/C=C/CC/C=C/CCCCCCCCCCCCCCCCCCCCCCCC. The number of carbonyl (C=O) groups excluding carboxylic acids is 1. The van der Waals surface area contributed by atoms with Crippen LogP contribution in [0.3, 0.4) is 0 Å². The molecule has 0 heterocycles. The van der Waals surface area contributed by atoms with Crippen LogP contribution in [0.5, 0.6) is 0 Å². The number of quaternary nitrogens is 1. The Morgan fingerprint density at radius 2 is 0.644 bits per heavy atom. The van der Waals surface area contributed by atoms with Crippen LogP contribution in [-0.4, -0.2) is 68.5 Å². The Morgan fingerprint density at radius 1 is 0.391 bits per heavy atom. The first kappa shape index (κ1) is 85.5. The Kier molecular flexibility index (Phi) is 67.6. The number of amides is 1. The van der Waals surface area contributed by atoms with Gasteiger partial charge in [-0.2, -0.15) is 0 Å². The van der Waals surface area contributed by atoms with Crippen LogP contribution in [0.1, 0.15) is 393 Å². The highest BCUT2D eigenvalue weighted by molar-refractivity contribution is 7.45. The van der Waals surface area contributed by atoms with Crippen LogP contribution in [0.2, 0.25) is 0 Å². The number of hydrogen-bond acceptors (Lipinski definition) is 6. The number of aliphatic hydroxyl groups is 1. The number of carbonyl (C=O) groups is 1. The summed E-state index contributed by atoms with van der Waals surface area (Å²) in [5.41, 5.74) is 0. The van der Waals surface area contributed by atoms with E-state index in [9.17, 15) is 19.4 Å². The highest BCUT2D eigenvalue weighted by Gasteiger charge is 2.23. The lowest BCUT2D eigenvalue weighted by Crippen LogP contribution is -2.45. The molecular formula is C78H151N2O6P. The third-order valence-corrected chi connectivity index (χ3v) is 18.7. The van der Waals surface area contributed by atoms with Crippen molar-refractivity contribution in [3.8, 4) is 0 Å². The van der Waals surface area contributed by atoms with Crippen LogP contribution in [0.25, 0.3) is 0 Å². The van der Waals surface area contributed by atoms with E-state index >= 15 is 0 Å². The zero-order valence-corrected chi connectivity index (χ0v) is 59.9. The van der Waals surface area contributed by atoms with Gasteiger partial charge in [-0.15, -0.1) is 0 Å². The number of phosphoric acid groups is 1. The fraction of sp³-hybridized carbons (Fsp3) is 0.885. The van der Waals surface area contributed by atoms with E-state index in [0.29, 0.717) is 17.4 Å². The Bertz CT molecular complexity index is 1560. The normalized spacial score (nSPS) is 13.8. The van der Waals surface area contributed by atoms with Gasteiger partial charge in [0.25, 0.3) is 7.82 Å². The molecule has 1 amide bonds. The molecule has 0 rings (SSSR count). The lowest BCUT2D eigenvalue weighted by molar-refractivity contribution is -0.870. The maximum atomic E-state index is 13.1. The predicted molar refractivity (Wildman–Crippen MR) is 381 cm³/mol. The third-order valence-electron chi connectivity index (χ3n) is 17.7. The molecule has 0 spiro atoms. The molecule has 0 bridgehead atoms. The average Bonchev–Trinajstić information content (AvgIpc) is 3.71. The van der Waals surface area contributed by atoms with Crippen molar-refractivity contribution < 1.29 is 32.9 Å². The number of nitrogens with zero attached hydrogens (tertiary/aromatic N) is 1. The molecule has 0 aromatic rings. The maximum Gasteiger partial charge on any atom is 0.268 e. The topological polar surface area (TPSA) is 108 Å². The predicted octanol–water partition coefficient (Wildman–Crippen LogP) is 24.3. The minimum Gasteiger partial charge on any atom is -0.756 e. The van der Waals surface area contributed by atoms with Crippen molar-refractivity contribution in [1.29, 1.82) is 0 Å². The minimum atomic E-state index is -4.62. The second-order valence-electron chi connectivity index (χ2n) is 27.7. The van der Waals surface area contributed by atoms with Crippen molar-refractivity contribution in [2.75, 3.05) is 40.9 Å². The first-order valence-electron chi connectivity index (χ1n) is 38.5. The van der Waals surface area contributed by atoms with Gasteiger partial charge in [0.05, 0.1) is 39.9 Å². The van der Waals surface area contributed by atoms with Gasteiger partial charge in [0.15, 0.2) is 0 Å². The lowest BCUT2D eigenvalue weighted by atomic mass is 10.0. The van der Waals surface area contributed by atoms with Gasteiger partial charge in [0.1, 0.15) is 13.2 Å². The number of aliphatic hydroxyl groups excluding tert-OH is 1. The van der Waals surface area contributed by atoms with Crippen molar-refractivity contribution in [2.24, 2.45) is 0 Å². The standard InChI is InChI=1S/C78H151N2O6P/c1-6-8-10-12-14-16-18-20-22-24-26-28-30-32-34-36-38-40-42-44-46-48-50-52-54-56-58-60-62-64-66-68-70-72-78(82)79-76(75-86-87(83,84)85-74-73-80(3,4)5)77(81)71-69-67-65-63-61-59-57-55-53-51-49-47-45-43-41-39-37-35-33-31-29-27-25-23-21-19-17-15-13-11-9-7-2/h24,26,53,55,61,63,69,71,76-77,81H,6-23,25,27-52,54,56-60,62,64-68,70,72-75H2,1-5H3,(H-,79,82,83,84)/b26-24-,55-53+,63-61+,71-69+. The van der Waals surface area contributed by atoms with E-state index in [2.05, 4.69) is 55.6 Å². The molecule has 2 N–H and O–H groups in total. The highest BCUT2D eigenvalue weighted by atomic mass is 31.2. The largest absolute Gasteiger partial charge is 0.756 e. The number of allylic oxidation sites excluding steroid dienone is 7. The van der Waals surface area contributed by atoms with Crippen LogP contribution in [0, 0.1) is 0 Å². The quantitative estimate of drug-likeness (QED) is 0.0272. The Balaban J connectivity index is 4.04. The third kappa shape index (κ3) is 71.8. The molecule has 0 saturated carbocycles. The zero-order valence-electron chi connectivity index (χ0n) is 59.0. The van der Waals surface area contributed by atoms with E-state index in [4.69, 9.17) is 9.05 Å². The van der Waals surface area contributed by atoms with Gasteiger partial charge in [-0.25, -0.2) is 0 Å². The molecule has 9 heteroatoms. The molecule has 0 aromatic carbocycles. The second-order valence-corrected chi connectivity index (χ2v) is 29.1. The Morgan fingerprint density at radius 3 is 0.931 bits per heavy atom. The molecule has 0 aromatic heterocycles. The number of nitrogens with one attached hydrogen (secondary N) is 1. The first-order valence-corrected chi connectivity index (χ1v) is 40.0. The van der Waals surface area contributed by atoms with Gasteiger partial charge in [0.2, 0.25) is 5.91 Å². The number of unbranched alkanes of at least 4 members (excludes halogenated alkanes) is 53. The summed E-state index contributed by atoms with van der Waals surface area (Å²) in [5, 5.41) is 14.0. The Hall–Kier alpha value is -1.54. The van der Waals surface area contributed by atoms with E-state index in [1.807, 2.05) is 27.2 Å². The van der Waals surface area contributed by atoms with E-state index in [0.717, 1.165) is 44.9 Å². The van der Waals surface area contributed by atoms with Crippen molar-refractivity contribution in [1.82, 2.24) is 5.32 Å². The molecule has 3 unspecified atom stereocenters. The van der Waals surface area contributed by atoms with Gasteiger partial charge in [-0.05, 0) is 70.6 Å². The van der Waals surface area contributed by atoms with E-state index in [1.54, 1.807) is 6.08 Å². The van der Waals surface area contributed by atoms with Gasteiger partial charge in [-0.3, -0.25) is 9.36 Å². The number of likely N-dealkylation sites (N-methyl/N-ethyl adjacent to an activating group) is 1. The summed E-state index contributed by atoms with van der Waals surface area (Å²) in [7, 11) is 1.25. The second kappa shape index (κ2) is 68.8. The molecule has 3 atom stereocenters. The number of phosphoric ester groups is 1. The van der Waals surface area contributed by atoms with Gasteiger partial charge < -0.3 is 28.8 Å². The summed E-state index contributed by atoms with van der Waals surface area (Å²) in [6, 6.07) is -0.912. The first-order chi connectivity index (χ1) is 42.5. The van der Waals surface area contributed by atoms with E-state index < -0.39 is 26.6 Å². The molecule has 8 nitrogen and oxygen atoms in total. The van der Waals surface area contributed by atoms with Gasteiger partial charge in [-0.1, -0.05) is 364 Å². The summed E-state index contributed by atoms with van der Waals surface area (Å²) in [5.74, 6) is -0.204. The minimum absolute atomic E-state index is 0.00790. The fourth-order valence-corrected chi connectivity index (χ4v) is 12.5. The smallest absolute Gasteiger partial charge is 0.268 e. The summed E-state index contributed by atoms with van der Waals surface area (Å²) >= 11 is 0. The lowest BCUT2D eigenvalue weighted by Gasteiger charge is -2.29. The summed E-state index contributed by atoms with van der Waals surface area (Å²) in [6.45, 7) is 4.68. The van der Waals surface area contributed by atoms with Crippen LogP contribution in [0.15, 0.2) is 48.6 Å². The molecule has 0 radical (unpaired) electrons. The fourth-order valence-electron chi connectivity index (χ4n) is 11.8. The highest BCUT2D eigenvalue weighted by Crippen LogP contribution is 2.38. The van der Waals surface area contributed by atoms with Crippen molar-refractivity contribution in [3.05, 3.63) is 48.6 Å². The summed E-state index contributed by atoms with van der Waals surface area (Å²) in [4.78, 5) is 25.7. The van der Waals surface area contributed by atoms with Crippen molar-refractivity contribution in [3.63, 3.8) is 0 Å². The molecule has 0 aliphatic heterocycles. The summed E-state index contributed by atoms with van der Waals surface area (Å²) in [6.07, 6.45) is 94.2. The molecule has 0 saturated heterocycles. The maximum absolute atomic E-state index is 13.1. The van der Waals surface area contributed by atoms with Gasteiger partial charge >= 0.3 is 0 Å². The number of hydrogen-bond donors (Lipinski definition) is 2. The number of rotatable bonds is 72. The van der Waals surface area contributed by atoms with Crippen LogP contribution >= 0.6 is 7.82 Å². The molecule has 0 fully saturated rings. The Labute approximate surface area is 543 Å². The van der Waals surface area contributed by atoms with E-state index in [1.165, 1.54) is 327 Å². The summed E-state index contributed by atoms with van der Waals surface area (Å²) < 4.78 is 23.5. The van der Waals surface area contributed by atoms with Gasteiger partial charge in [0, 0.05) is 6.42 Å². The molecular weight excluding hydrogens is 1090 g/mol. The zero-order chi connectivity index (χ0) is 63.4. The average molecular weight is 1240 g/mol. The molecule has 0 aliphatic carbocycles. The molecule has 514 valence electrons. The van der Waals surface area contributed by atoms with Crippen LogP contribution in [-0.2, 0) is 18.4 Å².